The number of carbonyl (C=O) groups excluding carboxylic acids is 2. The van der Waals surface area contributed by atoms with Crippen LogP contribution in [0.3, 0.4) is 0 Å². The van der Waals surface area contributed by atoms with Gasteiger partial charge in [-0.1, -0.05) is 12.1 Å². The summed E-state index contributed by atoms with van der Waals surface area (Å²) in [5, 5.41) is 6.38. The highest BCUT2D eigenvalue weighted by Gasteiger charge is 2.47. The van der Waals surface area contributed by atoms with Crippen LogP contribution in [0.15, 0.2) is 24.3 Å². The molecule has 0 aliphatic heterocycles. The number of carbonyl (C=O) groups is 2. The Morgan fingerprint density at radius 3 is 1.29 bits per heavy atom. The van der Waals surface area contributed by atoms with E-state index in [-0.39, 0.29) is 22.6 Å². The summed E-state index contributed by atoms with van der Waals surface area (Å²) < 4.78 is 0. The molecule has 1 aromatic carbocycles. The lowest BCUT2D eigenvalue weighted by Gasteiger charge is -2.45. The van der Waals surface area contributed by atoms with Gasteiger partial charge in [-0.2, -0.15) is 0 Å². The zero-order valence-electron chi connectivity index (χ0n) is 16.8. The van der Waals surface area contributed by atoms with E-state index in [9.17, 15) is 9.59 Å². The Balaban J connectivity index is 1.32. The van der Waals surface area contributed by atoms with Gasteiger partial charge in [-0.15, -0.1) is 0 Å². The molecule has 0 radical (unpaired) electrons. The van der Waals surface area contributed by atoms with Crippen LogP contribution < -0.4 is 10.6 Å². The molecule has 6 aliphatic rings. The largest absolute Gasteiger partial charge is 0.324 e. The van der Waals surface area contributed by atoms with Crippen molar-refractivity contribution in [2.24, 2.45) is 22.7 Å². The third kappa shape index (κ3) is 3.05. The molecule has 28 heavy (non-hydrogen) atoms. The molecule has 4 nitrogen and oxygen atoms in total. The van der Waals surface area contributed by atoms with E-state index >= 15 is 0 Å². The molecule has 0 aromatic heterocycles. The monoisotopic (exact) mass is 380 g/mol. The molecule has 0 unspecified atom stereocenters. The smallest absolute Gasteiger partial charge is 0.230 e. The second kappa shape index (κ2) is 6.89. The van der Waals surface area contributed by atoms with Crippen molar-refractivity contribution < 1.29 is 9.59 Å². The number of nitrogens with one attached hydrogen (secondary N) is 2. The van der Waals surface area contributed by atoms with Gasteiger partial charge >= 0.3 is 0 Å². The van der Waals surface area contributed by atoms with Gasteiger partial charge in [-0.3, -0.25) is 9.59 Å². The van der Waals surface area contributed by atoms with Crippen LogP contribution in [0.4, 0.5) is 11.4 Å². The zero-order valence-corrected chi connectivity index (χ0v) is 16.8. The van der Waals surface area contributed by atoms with Gasteiger partial charge in [0.1, 0.15) is 0 Å². The first-order chi connectivity index (χ1) is 13.6. The summed E-state index contributed by atoms with van der Waals surface area (Å²) in [6, 6.07) is 7.72. The summed E-state index contributed by atoms with van der Waals surface area (Å²) in [4.78, 5) is 26.4. The fraction of sp³-hybridized carbons (Fsp3) is 0.667. The lowest BCUT2D eigenvalue weighted by molar-refractivity contribution is -0.132. The molecule has 4 heteroatoms. The summed E-state index contributed by atoms with van der Waals surface area (Å²) in [5.41, 5.74) is 1.13. The van der Waals surface area contributed by atoms with Gasteiger partial charge in [0.25, 0.3) is 0 Å². The van der Waals surface area contributed by atoms with Crippen molar-refractivity contribution >= 4 is 23.2 Å². The highest BCUT2D eigenvalue weighted by atomic mass is 16.2. The van der Waals surface area contributed by atoms with Crippen LogP contribution in [-0.2, 0) is 9.59 Å². The summed E-state index contributed by atoms with van der Waals surface area (Å²) in [6.07, 6.45) is 13.2. The third-order valence-electron chi connectivity index (χ3n) is 8.57. The maximum atomic E-state index is 13.2. The molecule has 1 aromatic rings. The van der Waals surface area contributed by atoms with Gasteiger partial charge < -0.3 is 10.6 Å². The second-order valence-corrected chi connectivity index (χ2v) is 9.98. The number of anilines is 2. The fourth-order valence-corrected chi connectivity index (χ4v) is 6.39. The average Bonchev–Trinajstić information content (AvgIpc) is 2.77. The number of hydrogen-bond acceptors (Lipinski definition) is 2. The van der Waals surface area contributed by atoms with E-state index in [2.05, 4.69) is 10.6 Å². The summed E-state index contributed by atoms with van der Waals surface area (Å²) in [6.45, 7) is 0. The topological polar surface area (TPSA) is 58.2 Å². The molecule has 4 bridgehead atoms. The molecule has 6 aliphatic carbocycles. The van der Waals surface area contributed by atoms with E-state index in [1.165, 1.54) is 38.5 Å². The second-order valence-electron chi connectivity index (χ2n) is 9.98. The van der Waals surface area contributed by atoms with E-state index in [1.807, 2.05) is 24.3 Å². The van der Waals surface area contributed by atoms with E-state index < -0.39 is 0 Å². The van der Waals surface area contributed by atoms with Crippen molar-refractivity contribution in [1.82, 2.24) is 0 Å². The van der Waals surface area contributed by atoms with Gasteiger partial charge in [0.15, 0.2) is 0 Å². The number of rotatable bonds is 4. The Labute approximate surface area is 167 Å². The van der Waals surface area contributed by atoms with Crippen molar-refractivity contribution in [3.63, 3.8) is 0 Å². The normalized spacial score (nSPS) is 36.1. The highest BCUT2D eigenvalue weighted by molar-refractivity contribution is 6.03. The van der Waals surface area contributed by atoms with Crippen LogP contribution in [0, 0.1) is 22.7 Å². The van der Waals surface area contributed by atoms with E-state index in [0.717, 1.165) is 61.7 Å². The van der Waals surface area contributed by atoms with Crippen LogP contribution in [0.2, 0.25) is 0 Å². The van der Waals surface area contributed by atoms with Gasteiger partial charge in [-0.25, -0.2) is 0 Å². The Morgan fingerprint density at radius 2 is 0.964 bits per heavy atom. The minimum absolute atomic E-state index is 0.156. The first kappa shape index (κ1) is 18.2. The molecule has 2 N–H and O–H groups in total. The van der Waals surface area contributed by atoms with Crippen molar-refractivity contribution in [3.05, 3.63) is 24.3 Å². The van der Waals surface area contributed by atoms with Crippen LogP contribution >= 0.6 is 0 Å². The van der Waals surface area contributed by atoms with Crippen molar-refractivity contribution in [3.8, 4) is 0 Å². The van der Waals surface area contributed by atoms with Crippen molar-refractivity contribution in [2.45, 2.75) is 77.0 Å². The molecule has 7 rings (SSSR count). The summed E-state index contributed by atoms with van der Waals surface area (Å²) in [5.74, 6) is 1.99. The summed E-state index contributed by atoms with van der Waals surface area (Å²) in [7, 11) is 0. The van der Waals surface area contributed by atoms with Crippen molar-refractivity contribution in [2.75, 3.05) is 10.6 Å². The standard InChI is InChI=1S/C24H32N2O2/c27-21(23-11-5-17(6-12-23)7-13-23)25-19-3-1-2-4-20(19)26-22(28)24-14-8-18(9-15-24)10-16-24/h1-4,17-18H,5-16H2,(H,25,27)(H,26,28). The van der Waals surface area contributed by atoms with Gasteiger partial charge in [0, 0.05) is 10.8 Å². The van der Waals surface area contributed by atoms with E-state index in [4.69, 9.17) is 0 Å². The molecule has 0 atom stereocenters. The fourth-order valence-electron chi connectivity index (χ4n) is 6.39. The van der Waals surface area contributed by atoms with Crippen molar-refractivity contribution in [1.29, 1.82) is 0 Å². The predicted molar refractivity (Wildman–Crippen MR) is 111 cm³/mol. The number of benzene rings is 1. The van der Waals surface area contributed by atoms with E-state index in [0.29, 0.717) is 0 Å². The zero-order chi connectivity index (χ0) is 19.2. The Morgan fingerprint density at radius 1 is 0.643 bits per heavy atom. The molecule has 0 saturated heterocycles. The molecular formula is C24H32N2O2. The lowest BCUT2D eigenvalue weighted by Crippen LogP contribution is -2.44. The Hall–Kier alpha value is -1.84. The quantitative estimate of drug-likeness (QED) is 0.724. The van der Waals surface area contributed by atoms with Crippen LogP contribution in [0.5, 0.6) is 0 Å². The molecule has 6 fully saturated rings. The van der Waals surface area contributed by atoms with Gasteiger partial charge in [0.05, 0.1) is 11.4 Å². The highest BCUT2D eigenvalue weighted by Crippen LogP contribution is 2.52. The number of amides is 2. The molecule has 2 amide bonds. The van der Waals surface area contributed by atoms with Crippen LogP contribution in [0.1, 0.15) is 77.0 Å². The third-order valence-corrected chi connectivity index (χ3v) is 8.57. The Kier molecular flexibility index (Phi) is 4.48. The molecule has 150 valence electrons. The lowest BCUT2D eigenvalue weighted by atomic mass is 9.60. The molecule has 0 heterocycles. The van der Waals surface area contributed by atoms with Crippen LogP contribution in [-0.4, -0.2) is 11.8 Å². The minimum atomic E-state index is -0.188. The van der Waals surface area contributed by atoms with Crippen LogP contribution in [0.25, 0.3) is 0 Å². The van der Waals surface area contributed by atoms with Gasteiger partial charge in [-0.05, 0) is 101 Å². The maximum Gasteiger partial charge on any atom is 0.230 e. The number of fused-ring (bicyclic) bond motifs is 6. The molecule has 0 spiro atoms. The first-order valence-corrected chi connectivity index (χ1v) is 11.3. The number of hydrogen-bond donors (Lipinski definition) is 2. The van der Waals surface area contributed by atoms with E-state index in [1.54, 1.807) is 0 Å². The number of para-hydroxylation sites is 2. The first-order valence-electron chi connectivity index (χ1n) is 11.3. The summed E-state index contributed by atoms with van der Waals surface area (Å²) >= 11 is 0. The predicted octanol–water partition coefficient (Wildman–Crippen LogP) is 5.50. The SMILES string of the molecule is O=C(Nc1ccccc1NC(=O)C12CCC(CC1)CC2)C12CCC(CC1)CC2. The maximum absolute atomic E-state index is 13.2. The molecule has 6 saturated carbocycles. The van der Waals surface area contributed by atoms with Gasteiger partial charge in [0.2, 0.25) is 11.8 Å². The molecular weight excluding hydrogens is 348 g/mol. The Bertz CT molecular complexity index is 678. The minimum Gasteiger partial charge on any atom is -0.324 e. The average molecular weight is 381 g/mol.